The molecule has 0 fully saturated rings. The highest BCUT2D eigenvalue weighted by molar-refractivity contribution is 7.14. The van der Waals surface area contributed by atoms with E-state index in [1.54, 1.807) is 25.3 Å². The summed E-state index contributed by atoms with van der Waals surface area (Å²) in [6.07, 6.45) is 0. The highest BCUT2D eigenvalue weighted by Crippen LogP contribution is 2.32. The van der Waals surface area contributed by atoms with Crippen molar-refractivity contribution in [3.8, 4) is 28.7 Å². The third-order valence-corrected chi connectivity index (χ3v) is 5.18. The van der Waals surface area contributed by atoms with E-state index in [9.17, 15) is 4.79 Å². The second-order valence-electron chi connectivity index (χ2n) is 6.30. The molecule has 4 aromatic rings. The Bertz CT molecular complexity index is 1200. The van der Waals surface area contributed by atoms with E-state index in [4.69, 9.17) is 18.6 Å². The summed E-state index contributed by atoms with van der Waals surface area (Å²) in [5.74, 6) is 2.09. The number of furan rings is 1. The first kappa shape index (κ1) is 19.8. The van der Waals surface area contributed by atoms with Crippen molar-refractivity contribution in [1.82, 2.24) is 4.98 Å². The molecule has 2 aromatic heterocycles. The Morgan fingerprint density at radius 1 is 1.10 bits per heavy atom. The normalized spacial score (nSPS) is 10.8. The fraction of sp³-hybridized carbons (Fsp3) is 0.182. The van der Waals surface area contributed by atoms with Crippen LogP contribution in [0.2, 0.25) is 0 Å². The minimum absolute atomic E-state index is 0.336. The van der Waals surface area contributed by atoms with Gasteiger partial charge in [0.15, 0.2) is 10.9 Å². The van der Waals surface area contributed by atoms with Gasteiger partial charge in [0, 0.05) is 10.8 Å². The summed E-state index contributed by atoms with van der Waals surface area (Å²) in [6.45, 7) is 2.54. The molecule has 0 aliphatic carbocycles. The van der Waals surface area contributed by atoms with E-state index in [0.29, 0.717) is 40.3 Å². The first-order chi connectivity index (χ1) is 14.6. The molecule has 7 nitrogen and oxygen atoms in total. The number of benzene rings is 2. The molecule has 0 saturated carbocycles. The number of fused-ring (bicyclic) bond motifs is 1. The average molecular weight is 424 g/mol. The topological polar surface area (TPSA) is 82.8 Å². The molecule has 2 aromatic carbocycles. The number of rotatable bonds is 7. The molecule has 0 unspecified atom stereocenters. The summed E-state index contributed by atoms with van der Waals surface area (Å²) in [4.78, 5) is 17.2. The zero-order valence-corrected chi connectivity index (χ0v) is 17.5. The van der Waals surface area contributed by atoms with Crippen LogP contribution in [0.25, 0.3) is 22.4 Å². The Labute approximate surface area is 177 Å². The maximum absolute atomic E-state index is 12.7. The Morgan fingerprint density at radius 3 is 2.70 bits per heavy atom. The summed E-state index contributed by atoms with van der Waals surface area (Å²) in [7, 11) is 3.06. The van der Waals surface area contributed by atoms with Gasteiger partial charge in [-0.25, -0.2) is 4.98 Å². The number of amides is 1. The van der Waals surface area contributed by atoms with E-state index in [2.05, 4.69) is 10.3 Å². The maximum atomic E-state index is 12.7. The van der Waals surface area contributed by atoms with Crippen molar-refractivity contribution in [2.24, 2.45) is 0 Å². The number of nitrogens with one attached hydrogen (secondary N) is 1. The van der Waals surface area contributed by atoms with Crippen LogP contribution in [0.4, 0.5) is 5.13 Å². The average Bonchev–Trinajstić information content (AvgIpc) is 3.40. The number of aromatic nitrogens is 1. The smallest absolute Gasteiger partial charge is 0.261 e. The second kappa shape index (κ2) is 8.46. The monoisotopic (exact) mass is 424 g/mol. The van der Waals surface area contributed by atoms with Gasteiger partial charge >= 0.3 is 0 Å². The number of carbonyl (C=O) groups is 1. The summed E-state index contributed by atoms with van der Waals surface area (Å²) in [6, 6.07) is 12.6. The molecule has 154 valence electrons. The van der Waals surface area contributed by atoms with Crippen LogP contribution in [0, 0.1) is 0 Å². The van der Waals surface area contributed by atoms with Crippen LogP contribution in [-0.2, 0) is 0 Å². The molecule has 1 N–H and O–H groups in total. The van der Waals surface area contributed by atoms with E-state index >= 15 is 0 Å². The number of nitrogens with zero attached hydrogens (tertiary/aromatic N) is 1. The van der Waals surface area contributed by atoms with Crippen LogP contribution in [0.15, 0.2) is 52.3 Å². The van der Waals surface area contributed by atoms with E-state index in [-0.39, 0.29) is 5.91 Å². The largest absolute Gasteiger partial charge is 0.497 e. The maximum Gasteiger partial charge on any atom is 0.261 e. The van der Waals surface area contributed by atoms with Gasteiger partial charge in [0.25, 0.3) is 5.91 Å². The lowest BCUT2D eigenvalue weighted by molar-refractivity contribution is 0.102. The van der Waals surface area contributed by atoms with Crippen molar-refractivity contribution in [1.29, 1.82) is 0 Å². The van der Waals surface area contributed by atoms with Gasteiger partial charge in [-0.1, -0.05) is 0 Å². The number of ether oxygens (including phenoxy) is 3. The van der Waals surface area contributed by atoms with Crippen LogP contribution < -0.4 is 19.5 Å². The number of methoxy groups -OCH3 is 2. The molecule has 0 spiro atoms. The fourth-order valence-corrected chi connectivity index (χ4v) is 3.70. The lowest BCUT2D eigenvalue weighted by atomic mass is 10.1. The molecule has 8 heteroatoms. The van der Waals surface area contributed by atoms with Gasteiger partial charge in [-0.2, -0.15) is 0 Å². The Hall–Kier alpha value is -3.52. The van der Waals surface area contributed by atoms with Gasteiger partial charge in [-0.15, -0.1) is 11.3 Å². The van der Waals surface area contributed by atoms with Crippen molar-refractivity contribution in [3.63, 3.8) is 0 Å². The fourth-order valence-electron chi connectivity index (χ4n) is 3.00. The third-order valence-electron chi connectivity index (χ3n) is 4.43. The molecule has 0 saturated heterocycles. The van der Waals surface area contributed by atoms with Gasteiger partial charge in [0.1, 0.15) is 28.5 Å². The molecular weight excluding hydrogens is 404 g/mol. The molecule has 2 heterocycles. The molecule has 0 aliphatic rings. The van der Waals surface area contributed by atoms with Crippen LogP contribution in [-0.4, -0.2) is 31.7 Å². The number of hydrogen-bond acceptors (Lipinski definition) is 7. The van der Waals surface area contributed by atoms with Gasteiger partial charge in [-0.3, -0.25) is 10.1 Å². The van der Waals surface area contributed by atoms with E-state index < -0.39 is 0 Å². The zero-order valence-electron chi connectivity index (χ0n) is 16.7. The summed E-state index contributed by atoms with van der Waals surface area (Å²) in [5.41, 5.74) is 1.75. The van der Waals surface area contributed by atoms with E-state index in [0.717, 1.165) is 16.7 Å². The highest BCUT2D eigenvalue weighted by Gasteiger charge is 2.17. The van der Waals surface area contributed by atoms with Crippen molar-refractivity contribution >= 4 is 33.3 Å². The minimum Gasteiger partial charge on any atom is -0.497 e. The lowest BCUT2D eigenvalue weighted by Gasteiger charge is -2.09. The molecule has 1 amide bonds. The standard InChI is InChI=1S/C22H20N2O5S/c1-4-28-15-6-7-18-13(9-15)10-20(29-18)17-12-30-22(23-17)24-21(25)16-11-14(26-2)5-8-19(16)27-3/h5-12H,4H2,1-3H3,(H,23,24,25). The third kappa shape index (κ3) is 3.95. The quantitative estimate of drug-likeness (QED) is 0.438. The molecule has 30 heavy (non-hydrogen) atoms. The first-order valence-corrected chi connectivity index (χ1v) is 10.1. The molecule has 0 atom stereocenters. The lowest BCUT2D eigenvalue weighted by Crippen LogP contribution is -2.13. The van der Waals surface area contributed by atoms with Crippen LogP contribution in [0.5, 0.6) is 17.2 Å². The molecule has 0 radical (unpaired) electrons. The Balaban J connectivity index is 1.56. The van der Waals surface area contributed by atoms with Crippen LogP contribution in [0.3, 0.4) is 0 Å². The van der Waals surface area contributed by atoms with Crippen molar-refractivity contribution in [3.05, 3.63) is 53.4 Å². The van der Waals surface area contributed by atoms with Gasteiger partial charge in [0.2, 0.25) is 0 Å². The van der Waals surface area contributed by atoms with Crippen LogP contribution >= 0.6 is 11.3 Å². The molecular formula is C22H20N2O5S. The molecule has 0 bridgehead atoms. The van der Waals surface area contributed by atoms with E-state index in [1.807, 2.05) is 36.6 Å². The molecule has 0 aliphatic heterocycles. The van der Waals surface area contributed by atoms with Gasteiger partial charge in [-0.05, 0) is 49.4 Å². The number of carbonyl (C=O) groups excluding carboxylic acids is 1. The highest BCUT2D eigenvalue weighted by atomic mass is 32.1. The molecule has 4 rings (SSSR count). The van der Waals surface area contributed by atoms with Crippen molar-refractivity contribution in [2.75, 3.05) is 26.1 Å². The summed E-state index contributed by atoms with van der Waals surface area (Å²) < 4.78 is 21.9. The number of thiazole rings is 1. The predicted molar refractivity (Wildman–Crippen MR) is 116 cm³/mol. The minimum atomic E-state index is -0.336. The number of anilines is 1. The summed E-state index contributed by atoms with van der Waals surface area (Å²) >= 11 is 1.31. The number of hydrogen-bond donors (Lipinski definition) is 1. The SMILES string of the molecule is CCOc1ccc2oc(-c3csc(NC(=O)c4cc(OC)ccc4OC)n3)cc2c1. The van der Waals surface area contributed by atoms with Crippen molar-refractivity contribution in [2.45, 2.75) is 6.92 Å². The van der Waals surface area contributed by atoms with Gasteiger partial charge in [0.05, 0.1) is 26.4 Å². The zero-order chi connectivity index (χ0) is 21.1. The van der Waals surface area contributed by atoms with Crippen molar-refractivity contribution < 1.29 is 23.4 Å². The Kier molecular flexibility index (Phi) is 5.58. The summed E-state index contributed by atoms with van der Waals surface area (Å²) in [5, 5.41) is 6.02. The first-order valence-electron chi connectivity index (χ1n) is 9.27. The predicted octanol–water partition coefficient (Wildman–Crippen LogP) is 5.22. The van der Waals surface area contributed by atoms with Crippen LogP contribution in [0.1, 0.15) is 17.3 Å². The van der Waals surface area contributed by atoms with Gasteiger partial charge < -0.3 is 18.6 Å². The van der Waals surface area contributed by atoms with E-state index in [1.165, 1.54) is 18.4 Å². The second-order valence-corrected chi connectivity index (χ2v) is 7.16. The Morgan fingerprint density at radius 2 is 1.93 bits per heavy atom.